The molecule has 3 rings (SSSR count). The Hall–Kier alpha value is -1.36. The van der Waals surface area contributed by atoms with Gasteiger partial charge < -0.3 is 10.1 Å². The molecule has 2 atom stereocenters. The second kappa shape index (κ2) is 6.18. The number of halogens is 1. The SMILES string of the molecule is COC(=O)C(c1ccccc1Cl)[C@@H]1Cc2ccsc2CN1. The summed E-state index contributed by atoms with van der Waals surface area (Å²) in [4.78, 5) is 13.6. The van der Waals surface area contributed by atoms with Crippen molar-refractivity contribution in [1.82, 2.24) is 5.32 Å². The normalized spacial score (nSPS) is 18.9. The van der Waals surface area contributed by atoms with Gasteiger partial charge in [-0.25, -0.2) is 0 Å². The highest BCUT2D eigenvalue weighted by Gasteiger charge is 2.34. The van der Waals surface area contributed by atoms with Crippen molar-refractivity contribution >= 4 is 28.9 Å². The van der Waals surface area contributed by atoms with E-state index in [4.69, 9.17) is 16.3 Å². The summed E-state index contributed by atoms with van der Waals surface area (Å²) in [5.74, 6) is -0.643. The zero-order valence-electron chi connectivity index (χ0n) is 11.6. The van der Waals surface area contributed by atoms with E-state index in [1.807, 2.05) is 24.3 Å². The van der Waals surface area contributed by atoms with Crippen LogP contribution in [-0.2, 0) is 22.5 Å². The van der Waals surface area contributed by atoms with E-state index in [0.29, 0.717) is 5.02 Å². The smallest absolute Gasteiger partial charge is 0.314 e. The highest BCUT2D eigenvalue weighted by molar-refractivity contribution is 7.10. The number of thiophene rings is 1. The number of rotatable bonds is 3. The van der Waals surface area contributed by atoms with E-state index in [1.54, 1.807) is 11.3 Å². The van der Waals surface area contributed by atoms with Crippen molar-refractivity contribution in [3.63, 3.8) is 0 Å². The second-order valence-corrected chi connectivity index (χ2v) is 6.49. The maximum Gasteiger partial charge on any atom is 0.314 e. The van der Waals surface area contributed by atoms with Crippen LogP contribution in [0.1, 0.15) is 21.9 Å². The van der Waals surface area contributed by atoms with Crippen LogP contribution in [0.15, 0.2) is 35.7 Å². The molecule has 0 saturated carbocycles. The van der Waals surface area contributed by atoms with Crippen LogP contribution in [0.3, 0.4) is 0 Å². The van der Waals surface area contributed by atoms with Gasteiger partial charge in [0.15, 0.2) is 0 Å². The third-order valence-electron chi connectivity index (χ3n) is 3.90. The van der Waals surface area contributed by atoms with Crippen LogP contribution in [0.2, 0.25) is 5.02 Å². The minimum atomic E-state index is -0.392. The first kappa shape index (κ1) is 14.6. The number of hydrogen-bond donors (Lipinski definition) is 1. The molecular weight excluding hydrogens is 306 g/mol. The maximum atomic E-state index is 12.3. The van der Waals surface area contributed by atoms with Gasteiger partial charge in [0.1, 0.15) is 0 Å². The molecule has 2 aromatic rings. The molecule has 0 aliphatic carbocycles. The summed E-state index contributed by atoms with van der Waals surface area (Å²) in [6.45, 7) is 0.787. The monoisotopic (exact) mass is 321 g/mol. The Kier molecular flexibility index (Phi) is 4.29. The molecule has 3 nitrogen and oxygen atoms in total. The van der Waals surface area contributed by atoms with E-state index in [-0.39, 0.29) is 12.0 Å². The van der Waals surface area contributed by atoms with Gasteiger partial charge in [0.25, 0.3) is 0 Å². The van der Waals surface area contributed by atoms with Crippen molar-refractivity contribution < 1.29 is 9.53 Å². The molecule has 0 radical (unpaired) electrons. The van der Waals surface area contributed by atoms with E-state index < -0.39 is 5.92 Å². The Morgan fingerprint density at radius 3 is 3.00 bits per heavy atom. The number of fused-ring (bicyclic) bond motifs is 1. The zero-order chi connectivity index (χ0) is 14.8. The van der Waals surface area contributed by atoms with Gasteiger partial charge in [0.2, 0.25) is 0 Å². The van der Waals surface area contributed by atoms with Crippen molar-refractivity contribution in [1.29, 1.82) is 0 Å². The lowest BCUT2D eigenvalue weighted by Crippen LogP contribution is -2.43. The number of benzene rings is 1. The van der Waals surface area contributed by atoms with Crippen LogP contribution in [0.5, 0.6) is 0 Å². The molecular formula is C16H16ClNO2S. The Labute approximate surface area is 132 Å². The summed E-state index contributed by atoms with van der Waals surface area (Å²) in [6, 6.07) is 9.61. The molecule has 1 aliphatic rings. The van der Waals surface area contributed by atoms with Crippen molar-refractivity contribution in [2.45, 2.75) is 24.9 Å². The molecule has 0 spiro atoms. The Balaban J connectivity index is 1.94. The first-order valence-corrected chi connectivity index (χ1v) is 8.07. The summed E-state index contributed by atoms with van der Waals surface area (Å²) < 4.78 is 5.01. The van der Waals surface area contributed by atoms with Crippen molar-refractivity contribution in [3.8, 4) is 0 Å². The average Bonchev–Trinajstić information content (AvgIpc) is 2.97. The van der Waals surface area contributed by atoms with Crippen molar-refractivity contribution in [2.75, 3.05) is 7.11 Å². The highest BCUT2D eigenvalue weighted by Crippen LogP contribution is 2.33. The van der Waals surface area contributed by atoms with Crippen LogP contribution in [0.4, 0.5) is 0 Å². The second-order valence-electron chi connectivity index (χ2n) is 5.08. The molecule has 21 heavy (non-hydrogen) atoms. The number of methoxy groups -OCH3 is 1. The van der Waals surface area contributed by atoms with E-state index >= 15 is 0 Å². The standard InChI is InChI=1S/C16H16ClNO2S/c1-20-16(19)15(11-4-2-3-5-12(11)17)13-8-10-6-7-21-14(10)9-18-13/h2-7,13,15,18H,8-9H2,1H3/t13-,15?/m0/s1. The number of carbonyl (C=O) groups is 1. The van der Waals surface area contributed by atoms with Gasteiger partial charge in [-0.1, -0.05) is 29.8 Å². The third-order valence-corrected chi connectivity index (χ3v) is 5.21. The Morgan fingerprint density at radius 2 is 2.24 bits per heavy atom. The van der Waals surface area contributed by atoms with E-state index in [0.717, 1.165) is 18.5 Å². The van der Waals surface area contributed by atoms with Gasteiger partial charge >= 0.3 is 5.97 Å². The van der Waals surface area contributed by atoms with E-state index in [9.17, 15) is 4.79 Å². The van der Waals surface area contributed by atoms with Crippen LogP contribution < -0.4 is 5.32 Å². The zero-order valence-corrected chi connectivity index (χ0v) is 13.2. The summed E-state index contributed by atoms with van der Waals surface area (Å²) in [7, 11) is 1.42. The minimum absolute atomic E-state index is 0.000509. The fraction of sp³-hybridized carbons (Fsp3) is 0.312. The number of hydrogen-bond acceptors (Lipinski definition) is 4. The van der Waals surface area contributed by atoms with Crippen LogP contribution >= 0.6 is 22.9 Å². The molecule has 2 heterocycles. The fourth-order valence-corrected chi connectivity index (χ4v) is 3.95. The topological polar surface area (TPSA) is 38.3 Å². The van der Waals surface area contributed by atoms with Gasteiger partial charge in [-0.15, -0.1) is 11.3 Å². The quantitative estimate of drug-likeness (QED) is 0.881. The lowest BCUT2D eigenvalue weighted by atomic mass is 9.86. The first-order chi connectivity index (χ1) is 10.2. The molecule has 1 unspecified atom stereocenters. The van der Waals surface area contributed by atoms with Crippen LogP contribution in [-0.4, -0.2) is 19.1 Å². The molecule has 0 fully saturated rings. The lowest BCUT2D eigenvalue weighted by Gasteiger charge is -2.30. The van der Waals surface area contributed by atoms with E-state index in [1.165, 1.54) is 17.6 Å². The summed E-state index contributed by atoms with van der Waals surface area (Å²) >= 11 is 8.03. The molecule has 0 saturated heterocycles. The minimum Gasteiger partial charge on any atom is -0.469 e. The van der Waals surface area contributed by atoms with Gasteiger partial charge in [0, 0.05) is 22.5 Å². The van der Waals surface area contributed by atoms with Gasteiger partial charge in [-0.05, 0) is 35.1 Å². The third kappa shape index (κ3) is 2.84. The Morgan fingerprint density at radius 1 is 1.43 bits per heavy atom. The molecule has 0 amide bonds. The van der Waals surface area contributed by atoms with Crippen molar-refractivity contribution in [2.24, 2.45) is 0 Å². The number of esters is 1. The highest BCUT2D eigenvalue weighted by atomic mass is 35.5. The molecule has 5 heteroatoms. The summed E-state index contributed by atoms with van der Waals surface area (Å²) in [6.07, 6.45) is 0.809. The van der Waals surface area contributed by atoms with Crippen LogP contribution in [0, 0.1) is 0 Å². The predicted octanol–water partition coefficient (Wildman–Crippen LogP) is 3.37. The lowest BCUT2D eigenvalue weighted by molar-refractivity contribution is -0.143. The molecule has 1 aliphatic heterocycles. The molecule has 1 aromatic heterocycles. The summed E-state index contributed by atoms with van der Waals surface area (Å²) in [5, 5.41) is 6.15. The summed E-state index contributed by atoms with van der Waals surface area (Å²) in [5.41, 5.74) is 2.13. The fourth-order valence-electron chi connectivity index (χ4n) is 2.83. The number of carbonyl (C=O) groups excluding carboxylic acids is 1. The largest absolute Gasteiger partial charge is 0.469 e. The van der Waals surface area contributed by atoms with Gasteiger partial charge in [-0.3, -0.25) is 4.79 Å². The first-order valence-electron chi connectivity index (χ1n) is 6.81. The Bertz CT molecular complexity index is 655. The van der Waals surface area contributed by atoms with E-state index in [2.05, 4.69) is 16.8 Å². The predicted molar refractivity (Wildman–Crippen MR) is 84.9 cm³/mol. The average molecular weight is 322 g/mol. The van der Waals surface area contributed by atoms with Crippen LogP contribution in [0.25, 0.3) is 0 Å². The van der Waals surface area contributed by atoms with Crippen molar-refractivity contribution in [3.05, 3.63) is 56.7 Å². The molecule has 0 bridgehead atoms. The molecule has 1 N–H and O–H groups in total. The maximum absolute atomic E-state index is 12.3. The molecule has 110 valence electrons. The van der Waals surface area contributed by atoms with Gasteiger partial charge in [-0.2, -0.15) is 0 Å². The number of ether oxygens (including phenoxy) is 1. The van der Waals surface area contributed by atoms with Gasteiger partial charge in [0.05, 0.1) is 13.0 Å². The number of nitrogens with one attached hydrogen (secondary N) is 1. The molecule has 1 aromatic carbocycles.